The van der Waals surface area contributed by atoms with E-state index in [0.29, 0.717) is 34.9 Å². The van der Waals surface area contributed by atoms with Gasteiger partial charge in [0.05, 0.1) is 0 Å². The molecule has 98 heavy (non-hydrogen) atoms. The van der Waals surface area contributed by atoms with Crippen molar-refractivity contribution in [1.82, 2.24) is 29.9 Å². The minimum atomic E-state index is 0.618. The van der Waals surface area contributed by atoms with Crippen molar-refractivity contribution >= 4 is 43.9 Å². The Balaban J connectivity index is 0.000000152. The highest BCUT2D eigenvalue weighted by molar-refractivity contribution is 6.07. The first kappa shape index (κ1) is 58.5. The van der Waals surface area contributed by atoms with Crippen molar-refractivity contribution in [1.29, 1.82) is 0 Å². The van der Waals surface area contributed by atoms with Gasteiger partial charge in [0.1, 0.15) is 22.3 Å². The minimum Gasteiger partial charge on any atom is -0.456 e. The van der Waals surface area contributed by atoms with E-state index in [0.717, 1.165) is 133 Å². The van der Waals surface area contributed by atoms with Crippen molar-refractivity contribution < 1.29 is 8.83 Å². The highest BCUT2D eigenvalue weighted by Gasteiger charge is 2.18. The number of nitrogens with zero attached hydrogens (tertiary/aromatic N) is 6. The SMILES string of the molecule is c1ccc(-c2ccc(-c3nc(-c4ccc(-c5ccccc5)cc4)nc(-c4cccc(-c5cccc(-c6ccc7c(c6)oc6ccccc67)c5)c4)n3)cc2)cc1.c1ccc(-c2nc(-c3ccccc3)nc(-c3cccc(-c4cccc(-c5ccc6c(c5)oc5ccccc56)c4)c3)n2)cc1. The predicted molar refractivity (Wildman–Crippen MR) is 399 cm³/mol. The lowest BCUT2D eigenvalue weighted by Gasteiger charge is -2.11. The number of fused-ring (bicyclic) bond motifs is 6. The second-order valence-electron chi connectivity index (χ2n) is 24.2. The van der Waals surface area contributed by atoms with Gasteiger partial charge in [0.25, 0.3) is 0 Å². The van der Waals surface area contributed by atoms with Crippen LogP contribution in [0.25, 0.3) is 179 Å². The number of furan rings is 2. The fraction of sp³-hybridized carbons (Fsp3) is 0. The lowest BCUT2D eigenvalue weighted by atomic mass is 9.97. The van der Waals surface area contributed by atoms with Crippen LogP contribution in [0.1, 0.15) is 0 Å². The van der Waals surface area contributed by atoms with Crippen LogP contribution in [-0.2, 0) is 0 Å². The van der Waals surface area contributed by atoms with Gasteiger partial charge in [0.2, 0.25) is 0 Å². The van der Waals surface area contributed by atoms with Crippen molar-refractivity contribution in [3.63, 3.8) is 0 Å². The van der Waals surface area contributed by atoms with E-state index in [4.69, 9.17) is 38.7 Å². The van der Waals surface area contributed by atoms with E-state index in [1.165, 1.54) is 11.1 Å². The third-order valence-electron chi connectivity index (χ3n) is 17.9. The van der Waals surface area contributed by atoms with Gasteiger partial charge in [-0.05, 0) is 127 Å². The van der Waals surface area contributed by atoms with E-state index in [1.807, 2.05) is 109 Å². The second-order valence-corrected chi connectivity index (χ2v) is 24.2. The van der Waals surface area contributed by atoms with Crippen LogP contribution in [-0.4, -0.2) is 29.9 Å². The number of aromatic nitrogens is 6. The molecule has 0 fully saturated rings. The zero-order valence-electron chi connectivity index (χ0n) is 53.0. The van der Waals surface area contributed by atoms with Crippen LogP contribution in [0.3, 0.4) is 0 Å². The molecule has 18 aromatic rings. The summed E-state index contributed by atoms with van der Waals surface area (Å²) in [5.41, 5.74) is 22.7. The van der Waals surface area contributed by atoms with Crippen molar-refractivity contribution in [2.75, 3.05) is 0 Å². The fourth-order valence-electron chi connectivity index (χ4n) is 12.8. The fourth-order valence-corrected chi connectivity index (χ4v) is 12.8. The van der Waals surface area contributed by atoms with Crippen LogP contribution in [0.15, 0.2) is 361 Å². The van der Waals surface area contributed by atoms with Gasteiger partial charge in [-0.3, -0.25) is 0 Å². The summed E-state index contributed by atoms with van der Waals surface area (Å²) in [5, 5.41) is 4.52. The van der Waals surface area contributed by atoms with Crippen LogP contribution >= 0.6 is 0 Å². The monoisotopic (exact) mass is 1250 g/mol. The first-order valence-corrected chi connectivity index (χ1v) is 32.7. The lowest BCUT2D eigenvalue weighted by Crippen LogP contribution is -2.00. The van der Waals surface area contributed by atoms with Gasteiger partial charge in [-0.25, -0.2) is 29.9 Å². The molecule has 0 unspecified atom stereocenters. The minimum absolute atomic E-state index is 0.618. The zero-order chi connectivity index (χ0) is 65.1. The number of hydrogen-bond donors (Lipinski definition) is 0. The summed E-state index contributed by atoms with van der Waals surface area (Å²) < 4.78 is 12.4. The molecule has 4 heterocycles. The van der Waals surface area contributed by atoms with E-state index in [2.05, 4.69) is 243 Å². The summed E-state index contributed by atoms with van der Waals surface area (Å²) in [6.45, 7) is 0. The smallest absolute Gasteiger partial charge is 0.164 e. The molecule has 0 aliphatic rings. The van der Waals surface area contributed by atoms with E-state index in [9.17, 15) is 0 Å². The van der Waals surface area contributed by atoms with Gasteiger partial charge in [-0.1, -0.05) is 291 Å². The number of hydrogen-bond acceptors (Lipinski definition) is 8. The molecule has 0 aliphatic heterocycles. The molecule has 0 saturated heterocycles. The van der Waals surface area contributed by atoms with Crippen molar-refractivity contribution in [3.8, 4) is 135 Å². The predicted octanol–water partition coefficient (Wildman–Crippen LogP) is 23.5. The molecular weight excluding hydrogens is 1200 g/mol. The molecule has 18 rings (SSSR count). The Labute approximate surface area is 566 Å². The Morgan fingerprint density at radius 1 is 0.133 bits per heavy atom. The summed E-state index contributed by atoms with van der Waals surface area (Å²) in [4.78, 5) is 29.9. The molecule has 0 bridgehead atoms. The third kappa shape index (κ3) is 12.0. The Bertz CT molecular complexity index is 5760. The Kier molecular flexibility index (Phi) is 15.5. The van der Waals surface area contributed by atoms with Gasteiger partial charge in [-0.15, -0.1) is 0 Å². The molecule has 14 aromatic carbocycles. The summed E-state index contributed by atoms with van der Waals surface area (Å²) in [6, 6.07) is 121. The van der Waals surface area contributed by atoms with Gasteiger partial charge >= 0.3 is 0 Å². The van der Waals surface area contributed by atoms with Crippen LogP contribution in [0.4, 0.5) is 0 Å². The molecule has 4 aromatic heterocycles. The molecule has 0 N–H and O–H groups in total. The average Bonchev–Trinajstić information content (AvgIpc) is 1.50. The normalized spacial score (nSPS) is 11.3. The second kappa shape index (κ2) is 25.9. The topological polar surface area (TPSA) is 104 Å². The zero-order valence-corrected chi connectivity index (χ0v) is 53.0. The highest BCUT2D eigenvalue weighted by atomic mass is 16.3. The van der Waals surface area contributed by atoms with Crippen molar-refractivity contribution in [3.05, 3.63) is 352 Å². The first-order valence-electron chi connectivity index (χ1n) is 32.7. The molecule has 0 spiro atoms. The molecule has 0 atom stereocenters. The van der Waals surface area contributed by atoms with Crippen LogP contribution in [0, 0.1) is 0 Å². The molecule has 460 valence electrons. The number of para-hydroxylation sites is 2. The molecule has 8 nitrogen and oxygen atoms in total. The summed E-state index contributed by atoms with van der Waals surface area (Å²) >= 11 is 0. The average molecular weight is 1260 g/mol. The largest absolute Gasteiger partial charge is 0.456 e. The quantitative estimate of drug-likeness (QED) is 0.119. The maximum Gasteiger partial charge on any atom is 0.164 e. The summed E-state index contributed by atoms with van der Waals surface area (Å²) in [5.74, 6) is 3.81. The Morgan fingerprint density at radius 3 is 0.673 bits per heavy atom. The van der Waals surface area contributed by atoms with Gasteiger partial charge < -0.3 is 8.83 Å². The molecule has 0 amide bonds. The number of rotatable bonds is 12. The van der Waals surface area contributed by atoms with Crippen molar-refractivity contribution in [2.45, 2.75) is 0 Å². The van der Waals surface area contributed by atoms with E-state index >= 15 is 0 Å². The molecule has 8 heteroatoms. The molecule has 0 aliphatic carbocycles. The van der Waals surface area contributed by atoms with Gasteiger partial charge in [-0.2, -0.15) is 0 Å². The molecular formula is C90H58N6O2. The van der Waals surface area contributed by atoms with Crippen LogP contribution in [0.2, 0.25) is 0 Å². The molecule has 0 radical (unpaired) electrons. The maximum atomic E-state index is 6.21. The van der Waals surface area contributed by atoms with E-state index in [1.54, 1.807) is 0 Å². The lowest BCUT2D eigenvalue weighted by molar-refractivity contribution is 0.668. The number of benzene rings is 14. The van der Waals surface area contributed by atoms with Crippen molar-refractivity contribution in [2.24, 2.45) is 0 Å². The van der Waals surface area contributed by atoms with E-state index in [-0.39, 0.29) is 0 Å². The molecule has 0 saturated carbocycles. The summed E-state index contributed by atoms with van der Waals surface area (Å²) in [7, 11) is 0. The van der Waals surface area contributed by atoms with Crippen LogP contribution < -0.4 is 0 Å². The van der Waals surface area contributed by atoms with E-state index < -0.39 is 0 Å². The Morgan fingerprint density at radius 2 is 0.337 bits per heavy atom. The maximum absolute atomic E-state index is 6.21. The standard InChI is InChI=1S/C51H33N3O.C39H25N3O/c1-3-11-34(12-4-1)36-21-25-38(26-22-36)49-52-50(39-27-23-37(24-28-39)35-13-5-2-6-14-35)54-51(53-49)44-18-10-17-42(32-44)40-15-9-16-41(31-40)43-29-30-46-45-19-7-8-20-47(45)55-48(46)33-43;1-3-11-26(12-4-1)37-40-38(27-13-5-2-6-14-27)42-39(41-37)32-18-10-17-30(24-32)28-15-9-16-29(23-28)31-21-22-34-33-19-7-8-20-35(33)43-36(34)25-31/h1-33H;1-25H. The van der Waals surface area contributed by atoms with Gasteiger partial charge in [0, 0.05) is 54.9 Å². The summed E-state index contributed by atoms with van der Waals surface area (Å²) in [6.07, 6.45) is 0. The highest BCUT2D eigenvalue weighted by Crippen LogP contribution is 2.38. The van der Waals surface area contributed by atoms with Crippen LogP contribution in [0.5, 0.6) is 0 Å². The van der Waals surface area contributed by atoms with Gasteiger partial charge in [0.15, 0.2) is 34.9 Å². The Hall–Kier alpha value is -13.3. The third-order valence-corrected chi connectivity index (χ3v) is 17.9. The first-order chi connectivity index (χ1) is 48.5.